The van der Waals surface area contributed by atoms with Crippen molar-refractivity contribution in [2.24, 2.45) is 14.1 Å². The van der Waals surface area contributed by atoms with Crippen LogP contribution in [-0.2, 0) is 25.4 Å². The standard InChI is InChI=1S/C16H17N5O4/c1-9-6-4-5-7-10(9)17-15-18-13-12(21(15)8-11(22)23)14(24)20(3)16(25)19(13)2/h4-7H,8H2,1-3H3,(H,17,18)(H,22,23). The maximum Gasteiger partial charge on any atom is 0.332 e. The highest BCUT2D eigenvalue weighted by molar-refractivity contribution is 5.79. The third kappa shape index (κ3) is 2.69. The number of carboxylic acid groups (broad SMARTS) is 1. The van der Waals surface area contributed by atoms with E-state index in [1.807, 2.05) is 31.2 Å². The fraction of sp³-hybridized carbons (Fsp3) is 0.250. The van der Waals surface area contributed by atoms with Crippen LogP contribution in [0.15, 0.2) is 33.9 Å². The Kier molecular flexibility index (Phi) is 3.91. The third-order valence-electron chi connectivity index (χ3n) is 4.03. The van der Waals surface area contributed by atoms with Gasteiger partial charge in [0.1, 0.15) is 6.54 Å². The van der Waals surface area contributed by atoms with E-state index in [0.29, 0.717) is 0 Å². The molecule has 0 bridgehead atoms. The summed E-state index contributed by atoms with van der Waals surface area (Å²) in [5.41, 5.74) is 0.725. The molecule has 0 saturated heterocycles. The zero-order valence-electron chi connectivity index (χ0n) is 14.0. The summed E-state index contributed by atoms with van der Waals surface area (Å²) in [6.07, 6.45) is 0. The fourth-order valence-electron chi connectivity index (χ4n) is 2.66. The van der Waals surface area contributed by atoms with Crippen LogP contribution in [0.25, 0.3) is 11.2 Å². The summed E-state index contributed by atoms with van der Waals surface area (Å²) in [5, 5.41) is 12.3. The number of rotatable bonds is 4. The SMILES string of the molecule is Cc1ccccc1Nc1nc2c(c(=O)n(C)c(=O)n2C)n1CC(=O)O. The minimum Gasteiger partial charge on any atom is -0.480 e. The molecule has 0 atom stereocenters. The summed E-state index contributed by atoms with van der Waals surface area (Å²) >= 11 is 0. The Bertz CT molecular complexity index is 1110. The molecule has 9 nitrogen and oxygen atoms in total. The molecule has 0 radical (unpaired) electrons. The number of carbonyl (C=O) groups is 1. The smallest absolute Gasteiger partial charge is 0.332 e. The van der Waals surface area contributed by atoms with Gasteiger partial charge in [-0.15, -0.1) is 0 Å². The molecule has 0 aliphatic heterocycles. The van der Waals surface area contributed by atoms with Gasteiger partial charge in [0.25, 0.3) is 5.56 Å². The number of nitrogens with zero attached hydrogens (tertiary/aromatic N) is 4. The second-order valence-electron chi connectivity index (χ2n) is 5.73. The number of imidazole rings is 1. The Morgan fingerprint density at radius 3 is 2.52 bits per heavy atom. The summed E-state index contributed by atoms with van der Waals surface area (Å²) in [6, 6.07) is 7.41. The first-order valence-corrected chi connectivity index (χ1v) is 7.52. The predicted molar refractivity (Wildman–Crippen MR) is 92.3 cm³/mol. The van der Waals surface area contributed by atoms with Gasteiger partial charge in [0.2, 0.25) is 5.95 Å². The molecular formula is C16H17N5O4. The molecule has 0 fully saturated rings. The van der Waals surface area contributed by atoms with Crippen molar-refractivity contribution in [1.82, 2.24) is 18.7 Å². The normalized spacial score (nSPS) is 11.0. The van der Waals surface area contributed by atoms with Crippen molar-refractivity contribution in [3.05, 3.63) is 50.7 Å². The van der Waals surface area contributed by atoms with E-state index in [0.717, 1.165) is 15.8 Å². The number of aliphatic carboxylic acids is 1. The van der Waals surface area contributed by atoms with E-state index in [1.54, 1.807) is 0 Å². The Morgan fingerprint density at radius 1 is 1.20 bits per heavy atom. The molecule has 0 spiro atoms. The molecule has 1 aromatic carbocycles. The third-order valence-corrected chi connectivity index (χ3v) is 4.03. The van der Waals surface area contributed by atoms with Gasteiger partial charge in [-0.3, -0.25) is 23.3 Å². The van der Waals surface area contributed by atoms with Crippen LogP contribution in [0.5, 0.6) is 0 Å². The first kappa shape index (κ1) is 16.5. The van der Waals surface area contributed by atoms with Crippen LogP contribution in [0.4, 0.5) is 11.6 Å². The summed E-state index contributed by atoms with van der Waals surface area (Å²) < 4.78 is 3.42. The van der Waals surface area contributed by atoms with E-state index in [9.17, 15) is 19.5 Å². The van der Waals surface area contributed by atoms with Gasteiger partial charge in [-0.25, -0.2) is 4.79 Å². The lowest BCUT2D eigenvalue weighted by Gasteiger charge is -2.10. The van der Waals surface area contributed by atoms with Gasteiger partial charge in [-0.1, -0.05) is 18.2 Å². The number of fused-ring (bicyclic) bond motifs is 1. The topological polar surface area (TPSA) is 111 Å². The van der Waals surface area contributed by atoms with Gasteiger partial charge >= 0.3 is 11.7 Å². The van der Waals surface area contributed by atoms with Crippen molar-refractivity contribution in [2.75, 3.05) is 5.32 Å². The average molecular weight is 343 g/mol. The Morgan fingerprint density at radius 2 is 1.88 bits per heavy atom. The van der Waals surface area contributed by atoms with E-state index in [4.69, 9.17) is 0 Å². The molecule has 9 heteroatoms. The first-order valence-electron chi connectivity index (χ1n) is 7.52. The molecule has 0 aliphatic carbocycles. The molecule has 2 aromatic heterocycles. The number of hydrogen-bond donors (Lipinski definition) is 2. The molecule has 25 heavy (non-hydrogen) atoms. The van der Waals surface area contributed by atoms with E-state index in [1.165, 1.54) is 23.2 Å². The van der Waals surface area contributed by atoms with Gasteiger partial charge in [-0.2, -0.15) is 4.98 Å². The van der Waals surface area contributed by atoms with Crippen LogP contribution in [-0.4, -0.2) is 29.8 Å². The van der Waals surface area contributed by atoms with Crippen LogP contribution in [0, 0.1) is 6.92 Å². The number of carboxylic acids is 1. The number of aromatic nitrogens is 4. The van der Waals surface area contributed by atoms with Gasteiger partial charge in [0, 0.05) is 19.8 Å². The lowest BCUT2D eigenvalue weighted by molar-refractivity contribution is -0.137. The average Bonchev–Trinajstić information content (AvgIpc) is 2.91. The fourth-order valence-corrected chi connectivity index (χ4v) is 2.66. The summed E-state index contributed by atoms with van der Waals surface area (Å²) in [4.78, 5) is 40.2. The van der Waals surface area contributed by atoms with Crippen LogP contribution in [0.3, 0.4) is 0 Å². The second kappa shape index (κ2) is 5.93. The Balaban J connectivity index is 2.32. The molecule has 0 unspecified atom stereocenters. The van der Waals surface area contributed by atoms with Crippen molar-refractivity contribution in [3.8, 4) is 0 Å². The maximum absolute atomic E-state index is 12.5. The van der Waals surface area contributed by atoms with E-state index in [-0.39, 0.29) is 17.1 Å². The highest BCUT2D eigenvalue weighted by Gasteiger charge is 2.20. The quantitative estimate of drug-likeness (QED) is 0.716. The molecule has 0 amide bonds. The van der Waals surface area contributed by atoms with Crippen LogP contribution in [0.1, 0.15) is 5.56 Å². The highest BCUT2D eigenvalue weighted by Crippen LogP contribution is 2.22. The zero-order chi connectivity index (χ0) is 18.3. The van der Waals surface area contributed by atoms with E-state index >= 15 is 0 Å². The molecule has 2 N–H and O–H groups in total. The molecule has 3 aromatic rings. The monoisotopic (exact) mass is 343 g/mol. The second-order valence-corrected chi connectivity index (χ2v) is 5.73. The number of anilines is 2. The van der Waals surface area contributed by atoms with Crippen LogP contribution in [0.2, 0.25) is 0 Å². The Hall–Kier alpha value is -3.36. The van der Waals surface area contributed by atoms with Crippen LogP contribution >= 0.6 is 0 Å². The number of benzene rings is 1. The first-order chi connectivity index (χ1) is 11.8. The van der Waals surface area contributed by atoms with Crippen molar-refractivity contribution in [1.29, 1.82) is 0 Å². The zero-order valence-corrected chi connectivity index (χ0v) is 14.0. The van der Waals surface area contributed by atoms with Crippen molar-refractivity contribution < 1.29 is 9.90 Å². The number of nitrogens with one attached hydrogen (secondary N) is 1. The molecule has 2 heterocycles. The molecule has 0 aliphatic rings. The lowest BCUT2D eigenvalue weighted by atomic mass is 10.2. The van der Waals surface area contributed by atoms with Crippen LogP contribution < -0.4 is 16.6 Å². The minimum absolute atomic E-state index is 0.0584. The van der Waals surface area contributed by atoms with E-state index < -0.39 is 23.8 Å². The van der Waals surface area contributed by atoms with Gasteiger partial charge in [-0.05, 0) is 18.6 Å². The minimum atomic E-state index is -1.12. The summed E-state index contributed by atoms with van der Waals surface area (Å²) in [5.74, 6) is -0.937. The maximum atomic E-state index is 12.5. The van der Waals surface area contributed by atoms with Gasteiger partial charge < -0.3 is 10.4 Å². The Labute approximate surface area is 141 Å². The predicted octanol–water partition coefficient (Wildman–Crippen LogP) is 0.570. The number of para-hydroxylation sites is 1. The number of hydrogen-bond acceptors (Lipinski definition) is 5. The van der Waals surface area contributed by atoms with E-state index in [2.05, 4.69) is 10.3 Å². The summed E-state index contributed by atoms with van der Waals surface area (Å²) in [7, 11) is 2.83. The summed E-state index contributed by atoms with van der Waals surface area (Å²) in [6.45, 7) is 1.43. The molecule has 0 saturated carbocycles. The molecular weight excluding hydrogens is 326 g/mol. The highest BCUT2D eigenvalue weighted by atomic mass is 16.4. The van der Waals surface area contributed by atoms with Gasteiger partial charge in [0.15, 0.2) is 11.2 Å². The largest absolute Gasteiger partial charge is 0.480 e. The van der Waals surface area contributed by atoms with Crippen molar-refractivity contribution >= 4 is 28.8 Å². The van der Waals surface area contributed by atoms with Crippen molar-refractivity contribution in [3.63, 3.8) is 0 Å². The molecule has 130 valence electrons. The lowest BCUT2D eigenvalue weighted by Crippen LogP contribution is -2.37. The van der Waals surface area contributed by atoms with Gasteiger partial charge in [0.05, 0.1) is 0 Å². The van der Waals surface area contributed by atoms with Crippen molar-refractivity contribution in [2.45, 2.75) is 13.5 Å². The molecule has 3 rings (SSSR count). The number of aryl methyl sites for hydroxylation is 2.